The molecule has 1 aromatic rings. The van der Waals surface area contributed by atoms with Gasteiger partial charge in [-0.1, -0.05) is 12.1 Å². The third-order valence-electron chi connectivity index (χ3n) is 2.00. The lowest BCUT2D eigenvalue weighted by Gasteiger charge is -1.88. The lowest BCUT2D eigenvalue weighted by atomic mass is 10.1. The van der Waals surface area contributed by atoms with Gasteiger partial charge in [0.25, 0.3) is 0 Å². The second-order valence-corrected chi connectivity index (χ2v) is 3.29. The SMILES string of the molecule is N#CCCCCC#N.N#Cc1ccccc1C#N. The number of benzene rings is 1. The fourth-order valence-corrected chi connectivity index (χ4v) is 1.09. The zero-order chi connectivity index (χ0) is 13.6. The molecule has 0 N–H and O–H groups in total. The molecule has 0 spiro atoms. The summed E-state index contributed by atoms with van der Waals surface area (Å²) >= 11 is 0. The van der Waals surface area contributed by atoms with Gasteiger partial charge in [0, 0.05) is 12.8 Å². The molecule has 0 atom stereocenters. The minimum absolute atomic E-state index is 0.435. The molecule has 4 heteroatoms. The van der Waals surface area contributed by atoms with Crippen LogP contribution >= 0.6 is 0 Å². The Bertz CT molecular complexity index is 471. The molecule has 0 saturated heterocycles. The Morgan fingerprint density at radius 3 is 1.39 bits per heavy atom. The van der Waals surface area contributed by atoms with Crippen molar-refractivity contribution in [3.8, 4) is 24.3 Å². The standard InChI is InChI=1S/C8H4N2.C6H8N2/c9-5-7-3-1-2-4-8(7)6-10;7-5-3-1-2-4-6-8/h1-4H;1-4H2. The van der Waals surface area contributed by atoms with Crippen molar-refractivity contribution in [2.24, 2.45) is 0 Å². The molecular formula is C14H12N4. The molecule has 0 aliphatic heterocycles. The van der Waals surface area contributed by atoms with Gasteiger partial charge in [0.2, 0.25) is 0 Å². The molecule has 0 aromatic heterocycles. The van der Waals surface area contributed by atoms with Crippen LogP contribution in [0.25, 0.3) is 0 Å². The molecular weight excluding hydrogens is 224 g/mol. The molecule has 0 aliphatic carbocycles. The van der Waals surface area contributed by atoms with Crippen molar-refractivity contribution in [1.82, 2.24) is 0 Å². The predicted octanol–water partition coefficient (Wildman–Crippen LogP) is 3.02. The molecule has 0 amide bonds. The molecule has 18 heavy (non-hydrogen) atoms. The van der Waals surface area contributed by atoms with E-state index < -0.39 is 0 Å². The van der Waals surface area contributed by atoms with E-state index in [4.69, 9.17) is 21.0 Å². The largest absolute Gasteiger partial charge is 0.198 e. The Balaban J connectivity index is 0.000000331. The lowest BCUT2D eigenvalue weighted by Crippen LogP contribution is -1.79. The highest BCUT2D eigenvalue weighted by Crippen LogP contribution is 2.03. The zero-order valence-electron chi connectivity index (χ0n) is 9.93. The van der Waals surface area contributed by atoms with E-state index >= 15 is 0 Å². The highest BCUT2D eigenvalue weighted by Gasteiger charge is 1.95. The number of hydrogen-bond acceptors (Lipinski definition) is 4. The molecule has 1 aromatic carbocycles. The van der Waals surface area contributed by atoms with E-state index in [1.807, 2.05) is 24.3 Å². The van der Waals surface area contributed by atoms with Crippen LogP contribution in [0.1, 0.15) is 36.8 Å². The quantitative estimate of drug-likeness (QED) is 0.753. The number of rotatable bonds is 3. The molecule has 0 heterocycles. The van der Waals surface area contributed by atoms with Gasteiger partial charge in [-0.2, -0.15) is 21.0 Å². The Kier molecular flexibility index (Phi) is 9.01. The van der Waals surface area contributed by atoms with Crippen LogP contribution in [0.2, 0.25) is 0 Å². The number of hydrogen-bond donors (Lipinski definition) is 0. The number of nitriles is 4. The van der Waals surface area contributed by atoms with Crippen molar-refractivity contribution in [3.05, 3.63) is 35.4 Å². The van der Waals surface area contributed by atoms with Crippen molar-refractivity contribution in [2.45, 2.75) is 25.7 Å². The zero-order valence-corrected chi connectivity index (χ0v) is 9.93. The first kappa shape index (κ1) is 15.2. The van der Waals surface area contributed by atoms with Crippen LogP contribution in [0.3, 0.4) is 0 Å². The molecule has 0 fully saturated rings. The van der Waals surface area contributed by atoms with Crippen molar-refractivity contribution in [3.63, 3.8) is 0 Å². The summed E-state index contributed by atoms with van der Waals surface area (Å²) in [7, 11) is 0. The maximum Gasteiger partial charge on any atom is 0.101 e. The predicted molar refractivity (Wildman–Crippen MR) is 65.6 cm³/mol. The second kappa shape index (κ2) is 10.7. The van der Waals surface area contributed by atoms with Gasteiger partial charge >= 0.3 is 0 Å². The van der Waals surface area contributed by atoms with E-state index in [0.29, 0.717) is 24.0 Å². The fraction of sp³-hybridized carbons (Fsp3) is 0.286. The van der Waals surface area contributed by atoms with E-state index in [1.165, 1.54) is 0 Å². The monoisotopic (exact) mass is 236 g/mol. The van der Waals surface area contributed by atoms with Gasteiger partial charge in [-0.25, -0.2) is 0 Å². The van der Waals surface area contributed by atoms with Gasteiger partial charge in [-0.3, -0.25) is 0 Å². The van der Waals surface area contributed by atoms with Gasteiger partial charge in [0.1, 0.15) is 12.1 Å². The number of unbranched alkanes of at least 4 members (excludes halogenated alkanes) is 3. The Morgan fingerprint density at radius 1 is 0.722 bits per heavy atom. The first-order valence-corrected chi connectivity index (χ1v) is 5.43. The molecule has 88 valence electrons. The van der Waals surface area contributed by atoms with Gasteiger partial charge in [0.05, 0.1) is 23.3 Å². The molecule has 1 rings (SSSR count). The number of nitrogens with zero attached hydrogens (tertiary/aromatic N) is 4. The summed E-state index contributed by atoms with van der Waals surface area (Å²) in [4.78, 5) is 0. The topological polar surface area (TPSA) is 95.2 Å². The Hall–Kier alpha value is -2.82. The summed E-state index contributed by atoms with van der Waals surface area (Å²) in [5, 5.41) is 33.0. The Labute approximate surface area is 107 Å². The summed E-state index contributed by atoms with van der Waals surface area (Å²) in [6.07, 6.45) is 2.90. The summed E-state index contributed by atoms with van der Waals surface area (Å²) in [5.74, 6) is 0. The molecule has 0 saturated carbocycles. The average molecular weight is 236 g/mol. The summed E-state index contributed by atoms with van der Waals surface area (Å²) in [5.41, 5.74) is 0.870. The molecule has 0 radical (unpaired) electrons. The van der Waals surface area contributed by atoms with Crippen LogP contribution in [-0.2, 0) is 0 Å². The first-order valence-electron chi connectivity index (χ1n) is 5.43. The van der Waals surface area contributed by atoms with Crippen LogP contribution < -0.4 is 0 Å². The summed E-state index contributed by atoms with van der Waals surface area (Å²) in [6.45, 7) is 0. The molecule has 4 nitrogen and oxygen atoms in total. The van der Waals surface area contributed by atoms with E-state index in [9.17, 15) is 0 Å². The van der Waals surface area contributed by atoms with Gasteiger partial charge in [0.15, 0.2) is 0 Å². The Morgan fingerprint density at radius 2 is 1.11 bits per heavy atom. The smallest absolute Gasteiger partial charge is 0.101 e. The van der Waals surface area contributed by atoms with E-state index in [1.54, 1.807) is 24.3 Å². The van der Waals surface area contributed by atoms with Crippen molar-refractivity contribution in [2.75, 3.05) is 0 Å². The van der Waals surface area contributed by atoms with Gasteiger partial charge in [-0.05, 0) is 25.0 Å². The molecule has 0 aliphatic rings. The summed E-state index contributed by atoms with van der Waals surface area (Å²) < 4.78 is 0. The van der Waals surface area contributed by atoms with Crippen LogP contribution in [0.4, 0.5) is 0 Å². The highest BCUT2D eigenvalue weighted by atomic mass is 14.3. The average Bonchev–Trinajstić information content (AvgIpc) is 2.44. The van der Waals surface area contributed by atoms with Crippen LogP contribution in [0.5, 0.6) is 0 Å². The molecule has 0 bridgehead atoms. The van der Waals surface area contributed by atoms with Crippen molar-refractivity contribution >= 4 is 0 Å². The second-order valence-electron chi connectivity index (χ2n) is 3.29. The first-order chi connectivity index (χ1) is 8.79. The third kappa shape index (κ3) is 6.62. The molecule has 0 unspecified atom stereocenters. The fourth-order valence-electron chi connectivity index (χ4n) is 1.09. The van der Waals surface area contributed by atoms with Crippen LogP contribution in [0, 0.1) is 45.3 Å². The lowest BCUT2D eigenvalue weighted by molar-refractivity contribution is 0.773. The van der Waals surface area contributed by atoms with E-state index in [2.05, 4.69) is 0 Å². The summed E-state index contributed by atoms with van der Waals surface area (Å²) in [6, 6.07) is 14.6. The van der Waals surface area contributed by atoms with E-state index in [0.717, 1.165) is 12.8 Å². The van der Waals surface area contributed by atoms with Gasteiger partial charge in [-0.15, -0.1) is 0 Å². The normalized spacial score (nSPS) is 7.56. The minimum Gasteiger partial charge on any atom is -0.198 e. The highest BCUT2D eigenvalue weighted by molar-refractivity contribution is 5.44. The maximum atomic E-state index is 8.45. The maximum absolute atomic E-state index is 8.45. The van der Waals surface area contributed by atoms with Crippen molar-refractivity contribution in [1.29, 1.82) is 21.0 Å². The van der Waals surface area contributed by atoms with Gasteiger partial charge < -0.3 is 0 Å². The van der Waals surface area contributed by atoms with Crippen molar-refractivity contribution < 1.29 is 0 Å². The van der Waals surface area contributed by atoms with E-state index in [-0.39, 0.29) is 0 Å². The van der Waals surface area contributed by atoms with Crippen LogP contribution in [0.15, 0.2) is 24.3 Å². The minimum atomic E-state index is 0.435. The third-order valence-corrected chi connectivity index (χ3v) is 2.00. The van der Waals surface area contributed by atoms with Crippen LogP contribution in [-0.4, -0.2) is 0 Å².